The summed E-state index contributed by atoms with van der Waals surface area (Å²) in [5.41, 5.74) is 6.25. The predicted molar refractivity (Wildman–Crippen MR) is 137 cm³/mol. The summed E-state index contributed by atoms with van der Waals surface area (Å²) in [5, 5.41) is 0. The summed E-state index contributed by atoms with van der Waals surface area (Å²) in [6.07, 6.45) is 7.94. The molecule has 0 aliphatic carbocycles. The van der Waals surface area contributed by atoms with E-state index in [4.69, 9.17) is 0 Å². The molecule has 0 saturated heterocycles. The maximum absolute atomic E-state index is 13.0. The molecule has 0 saturated carbocycles. The predicted octanol–water partition coefficient (Wildman–Crippen LogP) is 3.79. The number of sulfonamides is 1. The van der Waals surface area contributed by atoms with Crippen LogP contribution in [0.15, 0.2) is 85.5 Å². The Kier molecular flexibility index (Phi) is 6.66. The van der Waals surface area contributed by atoms with Gasteiger partial charge in [0.25, 0.3) is 0 Å². The van der Waals surface area contributed by atoms with Crippen molar-refractivity contribution in [3.8, 4) is 0 Å². The van der Waals surface area contributed by atoms with Crippen LogP contribution in [0.2, 0.25) is 0 Å². The van der Waals surface area contributed by atoms with Gasteiger partial charge in [0.15, 0.2) is 0 Å². The fourth-order valence-electron chi connectivity index (χ4n) is 4.80. The molecule has 5 rings (SSSR count). The number of nitrogens with zero attached hydrogens (tertiary/aromatic N) is 4. The Labute approximate surface area is 206 Å². The highest BCUT2D eigenvalue weighted by Crippen LogP contribution is 2.32. The number of aromatic nitrogens is 3. The molecule has 0 radical (unpaired) electrons. The molecule has 0 fully saturated rings. The van der Waals surface area contributed by atoms with E-state index in [-0.39, 0.29) is 6.04 Å². The van der Waals surface area contributed by atoms with Crippen molar-refractivity contribution < 1.29 is 8.42 Å². The van der Waals surface area contributed by atoms with Gasteiger partial charge >= 0.3 is 0 Å². The van der Waals surface area contributed by atoms with E-state index < -0.39 is 10.0 Å². The molecule has 2 aromatic heterocycles. The number of hydrogen-bond acceptors (Lipinski definition) is 5. The third kappa shape index (κ3) is 5.61. The van der Waals surface area contributed by atoms with Crippen molar-refractivity contribution in [3.05, 3.63) is 114 Å². The summed E-state index contributed by atoms with van der Waals surface area (Å²) in [7, 11) is -3.44. The van der Waals surface area contributed by atoms with E-state index in [1.165, 1.54) is 6.26 Å². The molecule has 7 nitrogen and oxygen atoms in total. The zero-order valence-electron chi connectivity index (χ0n) is 19.7. The molecule has 3 heterocycles. The lowest BCUT2D eigenvalue weighted by Crippen LogP contribution is -2.45. The highest BCUT2D eigenvalue weighted by atomic mass is 32.2. The monoisotopic (exact) mass is 487 g/mol. The number of imidazole rings is 1. The summed E-state index contributed by atoms with van der Waals surface area (Å²) in [5.74, 6) is 0. The highest BCUT2D eigenvalue weighted by Gasteiger charge is 2.33. The standard InChI is InChI=1S/C27H29N5O2S/c1-35(33,34)32-17-23-13-22(14-24-9-5-6-12-29-24)10-11-27(23)31(18-25-16-28-20-30-25)19-26(32)15-21-7-3-2-4-8-21/h2-13,16,20,26H,14-15,17-19H2,1H3,(H,28,30). The molecule has 1 atom stereocenters. The minimum Gasteiger partial charge on any atom is -0.364 e. The smallest absolute Gasteiger partial charge is 0.211 e. The number of benzene rings is 2. The third-order valence-corrected chi connectivity index (χ3v) is 7.70. The van der Waals surface area contributed by atoms with Gasteiger partial charge in [0.2, 0.25) is 10.0 Å². The molecule has 35 heavy (non-hydrogen) atoms. The quantitative estimate of drug-likeness (QED) is 0.429. The number of H-pyrrole nitrogens is 1. The van der Waals surface area contributed by atoms with Crippen molar-refractivity contribution in [1.82, 2.24) is 19.3 Å². The number of aromatic amines is 1. The lowest BCUT2D eigenvalue weighted by atomic mass is 10.0. The number of pyridine rings is 1. The summed E-state index contributed by atoms with van der Waals surface area (Å²) < 4.78 is 27.7. The van der Waals surface area contributed by atoms with Gasteiger partial charge in [0.05, 0.1) is 24.8 Å². The Balaban J connectivity index is 1.54. The molecule has 2 aromatic carbocycles. The molecular formula is C27H29N5O2S. The van der Waals surface area contributed by atoms with Crippen molar-refractivity contribution in [2.45, 2.75) is 32.0 Å². The first-order valence-electron chi connectivity index (χ1n) is 11.7. The fraction of sp³-hybridized carbons (Fsp3) is 0.259. The number of fused-ring (bicyclic) bond motifs is 1. The Morgan fingerprint density at radius 3 is 2.57 bits per heavy atom. The van der Waals surface area contributed by atoms with Crippen LogP contribution in [0.4, 0.5) is 5.69 Å². The van der Waals surface area contributed by atoms with E-state index in [1.807, 2.05) is 42.6 Å². The van der Waals surface area contributed by atoms with Gasteiger partial charge in [-0.3, -0.25) is 4.98 Å². The Hall–Kier alpha value is -3.49. The molecule has 1 aliphatic heterocycles. The first kappa shape index (κ1) is 23.3. The highest BCUT2D eigenvalue weighted by molar-refractivity contribution is 7.88. The second kappa shape index (κ2) is 10.0. The summed E-state index contributed by atoms with van der Waals surface area (Å²) in [4.78, 5) is 14.1. The molecule has 4 aromatic rings. The zero-order valence-corrected chi connectivity index (χ0v) is 20.5. The van der Waals surface area contributed by atoms with Crippen molar-refractivity contribution in [1.29, 1.82) is 0 Å². The SMILES string of the molecule is CS(=O)(=O)N1Cc2cc(Cc3ccccn3)ccc2N(Cc2cnc[nH]2)CC1Cc1ccccc1. The van der Waals surface area contributed by atoms with Crippen molar-refractivity contribution in [2.75, 3.05) is 17.7 Å². The molecule has 8 heteroatoms. The van der Waals surface area contributed by atoms with Crippen molar-refractivity contribution in [3.63, 3.8) is 0 Å². The third-order valence-electron chi connectivity index (χ3n) is 6.42. The zero-order chi connectivity index (χ0) is 24.3. The van der Waals surface area contributed by atoms with Crippen LogP contribution in [0.3, 0.4) is 0 Å². The molecule has 1 N–H and O–H groups in total. The van der Waals surface area contributed by atoms with Crippen LogP contribution in [0.25, 0.3) is 0 Å². The fourth-order valence-corrected chi connectivity index (χ4v) is 5.86. The van der Waals surface area contributed by atoms with Gasteiger partial charge in [-0.1, -0.05) is 48.5 Å². The number of rotatable bonds is 7. The van der Waals surface area contributed by atoms with E-state index in [2.05, 4.69) is 50.2 Å². The Morgan fingerprint density at radius 2 is 1.86 bits per heavy atom. The van der Waals surface area contributed by atoms with E-state index in [0.717, 1.165) is 33.8 Å². The minimum absolute atomic E-state index is 0.207. The van der Waals surface area contributed by atoms with Gasteiger partial charge in [0.1, 0.15) is 0 Å². The van der Waals surface area contributed by atoms with Gasteiger partial charge in [-0.05, 0) is 41.3 Å². The van der Waals surface area contributed by atoms with Gasteiger partial charge in [-0.2, -0.15) is 4.31 Å². The largest absolute Gasteiger partial charge is 0.364 e. The van der Waals surface area contributed by atoms with Gasteiger partial charge in [0, 0.05) is 49.3 Å². The summed E-state index contributed by atoms with van der Waals surface area (Å²) >= 11 is 0. The summed E-state index contributed by atoms with van der Waals surface area (Å²) in [6, 6.07) is 22.2. The normalized spacial score (nSPS) is 16.6. The van der Waals surface area contributed by atoms with E-state index in [0.29, 0.717) is 32.5 Å². The van der Waals surface area contributed by atoms with Crippen molar-refractivity contribution >= 4 is 15.7 Å². The van der Waals surface area contributed by atoms with Crippen LogP contribution < -0.4 is 4.90 Å². The molecule has 0 amide bonds. The van der Waals surface area contributed by atoms with Gasteiger partial charge in [-0.25, -0.2) is 13.4 Å². The molecule has 0 bridgehead atoms. The van der Waals surface area contributed by atoms with Crippen LogP contribution in [0, 0.1) is 0 Å². The first-order valence-corrected chi connectivity index (χ1v) is 13.6. The lowest BCUT2D eigenvalue weighted by Gasteiger charge is -2.31. The van der Waals surface area contributed by atoms with E-state index in [1.54, 1.807) is 16.8 Å². The molecule has 0 spiro atoms. The Morgan fingerprint density at radius 1 is 1.03 bits per heavy atom. The van der Waals surface area contributed by atoms with E-state index >= 15 is 0 Å². The first-order chi connectivity index (χ1) is 17.0. The van der Waals surface area contributed by atoms with Crippen LogP contribution in [0.5, 0.6) is 0 Å². The minimum atomic E-state index is -3.44. The second-order valence-electron chi connectivity index (χ2n) is 9.07. The van der Waals surface area contributed by atoms with E-state index in [9.17, 15) is 8.42 Å². The van der Waals surface area contributed by atoms with Crippen LogP contribution in [-0.2, 0) is 36.0 Å². The van der Waals surface area contributed by atoms with Gasteiger partial charge < -0.3 is 9.88 Å². The summed E-state index contributed by atoms with van der Waals surface area (Å²) in [6.45, 7) is 1.53. The van der Waals surface area contributed by atoms with Crippen LogP contribution in [-0.4, -0.2) is 46.5 Å². The number of nitrogens with one attached hydrogen (secondary N) is 1. The van der Waals surface area contributed by atoms with Gasteiger partial charge in [-0.15, -0.1) is 0 Å². The molecule has 1 unspecified atom stereocenters. The maximum atomic E-state index is 13.0. The van der Waals surface area contributed by atoms with Crippen LogP contribution in [0.1, 0.15) is 28.1 Å². The molecule has 1 aliphatic rings. The topological polar surface area (TPSA) is 82.2 Å². The van der Waals surface area contributed by atoms with Crippen LogP contribution >= 0.6 is 0 Å². The number of anilines is 1. The average Bonchev–Trinajstić information content (AvgIpc) is 3.30. The lowest BCUT2D eigenvalue weighted by molar-refractivity contribution is 0.320. The molecular weight excluding hydrogens is 458 g/mol. The maximum Gasteiger partial charge on any atom is 0.211 e. The molecule has 180 valence electrons. The Bertz CT molecular complexity index is 1360. The average molecular weight is 488 g/mol. The second-order valence-corrected chi connectivity index (χ2v) is 11.0. The van der Waals surface area contributed by atoms with Crippen molar-refractivity contribution in [2.24, 2.45) is 0 Å². The number of hydrogen-bond donors (Lipinski definition) is 1.